The Kier molecular flexibility index (Phi) is 5.34. The summed E-state index contributed by atoms with van der Waals surface area (Å²) in [5.41, 5.74) is 3.38. The van der Waals surface area contributed by atoms with Gasteiger partial charge in [0.2, 0.25) is 0 Å². The molecule has 0 spiro atoms. The lowest BCUT2D eigenvalue weighted by atomic mass is 10.1. The second-order valence-electron chi connectivity index (χ2n) is 3.48. The van der Waals surface area contributed by atoms with Gasteiger partial charge in [0.05, 0.1) is 0 Å². The van der Waals surface area contributed by atoms with Crippen molar-refractivity contribution in [1.29, 1.82) is 0 Å². The number of benzene rings is 2. The van der Waals surface area contributed by atoms with Crippen molar-refractivity contribution in [3.63, 3.8) is 0 Å². The summed E-state index contributed by atoms with van der Waals surface area (Å²) in [6.45, 7) is 8.08. The lowest BCUT2D eigenvalue weighted by Gasteiger charge is -1.91. The van der Waals surface area contributed by atoms with Crippen LogP contribution in [0.1, 0.15) is 16.7 Å². The summed E-state index contributed by atoms with van der Waals surface area (Å²) in [5, 5.41) is 0. The maximum Gasteiger partial charge on any atom is 0.0249 e. The highest BCUT2D eigenvalue weighted by atomic mass is 13.9. The molecule has 0 heteroatoms. The third-order valence-electron chi connectivity index (χ3n) is 2.18. The van der Waals surface area contributed by atoms with Crippen LogP contribution in [0.15, 0.2) is 67.8 Å². The van der Waals surface area contributed by atoms with Crippen molar-refractivity contribution in [2.75, 3.05) is 0 Å². The molecule has 0 heterocycles. The molecule has 0 radical (unpaired) electrons. The van der Waals surface area contributed by atoms with Crippen LogP contribution < -0.4 is 0 Å². The summed E-state index contributed by atoms with van der Waals surface area (Å²) in [6, 6.07) is 18.3. The van der Waals surface area contributed by atoms with Crippen molar-refractivity contribution >= 4 is 0 Å². The number of hydrogen-bond donors (Lipinski definition) is 0. The average molecular weight is 220 g/mol. The standard InChI is InChI=1S/C15H12.C2H4/c1-13-7-9-15(10-8-13)12-11-14-5-3-2-4-6-14;1-2/h2-10H,1H3;1-2H2. The summed E-state index contributed by atoms with van der Waals surface area (Å²) in [5.74, 6) is 6.27. The van der Waals surface area contributed by atoms with E-state index in [1.807, 2.05) is 42.5 Å². The molecule has 0 unspecified atom stereocenters. The molecule has 17 heavy (non-hydrogen) atoms. The quantitative estimate of drug-likeness (QED) is 0.461. The molecule has 0 aliphatic rings. The van der Waals surface area contributed by atoms with Gasteiger partial charge in [0.1, 0.15) is 0 Å². The first kappa shape index (κ1) is 12.8. The van der Waals surface area contributed by atoms with E-state index >= 15 is 0 Å². The maximum atomic E-state index is 3.14. The van der Waals surface area contributed by atoms with E-state index in [2.05, 4.69) is 44.1 Å². The van der Waals surface area contributed by atoms with Crippen molar-refractivity contribution in [3.05, 3.63) is 84.4 Å². The molecule has 0 saturated heterocycles. The Bertz CT molecular complexity index is 495. The van der Waals surface area contributed by atoms with E-state index < -0.39 is 0 Å². The molecular weight excluding hydrogens is 204 g/mol. The van der Waals surface area contributed by atoms with Crippen LogP contribution in [0.3, 0.4) is 0 Å². The van der Waals surface area contributed by atoms with Gasteiger partial charge in [-0.1, -0.05) is 47.7 Å². The normalized spacial score (nSPS) is 8.29. The van der Waals surface area contributed by atoms with Gasteiger partial charge in [0.25, 0.3) is 0 Å². The van der Waals surface area contributed by atoms with Crippen LogP contribution in [0.25, 0.3) is 0 Å². The Balaban J connectivity index is 0.000000686. The highest BCUT2D eigenvalue weighted by Crippen LogP contribution is 2.02. The zero-order chi connectivity index (χ0) is 12.5. The molecule has 0 amide bonds. The molecule has 2 aromatic rings. The van der Waals surface area contributed by atoms with Crippen LogP contribution in [0.2, 0.25) is 0 Å². The van der Waals surface area contributed by atoms with Gasteiger partial charge in [-0.15, -0.1) is 13.2 Å². The van der Waals surface area contributed by atoms with Gasteiger partial charge in [0.15, 0.2) is 0 Å². The molecule has 84 valence electrons. The Morgan fingerprint density at radius 3 is 1.71 bits per heavy atom. The van der Waals surface area contributed by atoms with Crippen molar-refractivity contribution in [1.82, 2.24) is 0 Å². The number of hydrogen-bond acceptors (Lipinski definition) is 0. The summed E-state index contributed by atoms with van der Waals surface area (Å²) in [7, 11) is 0. The molecule has 0 aliphatic heterocycles. The zero-order valence-corrected chi connectivity index (χ0v) is 10.1. The predicted octanol–water partition coefficient (Wildman–Crippen LogP) is 4.20. The average Bonchev–Trinajstić information content (AvgIpc) is 2.42. The molecule has 0 atom stereocenters. The lowest BCUT2D eigenvalue weighted by molar-refractivity contribution is 1.46. The van der Waals surface area contributed by atoms with Crippen molar-refractivity contribution in [2.45, 2.75) is 6.92 Å². The van der Waals surface area contributed by atoms with E-state index in [0.717, 1.165) is 11.1 Å². The molecule has 0 nitrogen and oxygen atoms in total. The Morgan fingerprint density at radius 1 is 0.706 bits per heavy atom. The van der Waals surface area contributed by atoms with Crippen LogP contribution in [0.5, 0.6) is 0 Å². The fourth-order valence-corrected chi connectivity index (χ4v) is 1.30. The van der Waals surface area contributed by atoms with Gasteiger partial charge in [-0.25, -0.2) is 0 Å². The van der Waals surface area contributed by atoms with Gasteiger partial charge in [-0.2, -0.15) is 0 Å². The van der Waals surface area contributed by atoms with Crippen molar-refractivity contribution < 1.29 is 0 Å². The van der Waals surface area contributed by atoms with Crippen LogP contribution in [-0.2, 0) is 0 Å². The van der Waals surface area contributed by atoms with E-state index in [-0.39, 0.29) is 0 Å². The van der Waals surface area contributed by atoms with Crippen LogP contribution >= 0.6 is 0 Å². The lowest BCUT2D eigenvalue weighted by Crippen LogP contribution is -1.76. The van der Waals surface area contributed by atoms with Crippen LogP contribution in [-0.4, -0.2) is 0 Å². The topological polar surface area (TPSA) is 0 Å². The first-order valence-corrected chi connectivity index (χ1v) is 5.48. The van der Waals surface area contributed by atoms with Crippen LogP contribution in [0, 0.1) is 18.8 Å². The molecule has 0 aromatic heterocycles. The second-order valence-corrected chi connectivity index (χ2v) is 3.48. The maximum absolute atomic E-state index is 3.14. The van der Waals surface area contributed by atoms with Crippen molar-refractivity contribution in [3.8, 4) is 11.8 Å². The highest BCUT2D eigenvalue weighted by molar-refractivity contribution is 5.43. The minimum Gasteiger partial charge on any atom is -0.106 e. The monoisotopic (exact) mass is 220 g/mol. The smallest absolute Gasteiger partial charge is 0.0249 e. The molecule has 0 fully saturated rings. The summed E-state index contributed by atoms with van der Waals surface area (Å²) >= 11 is 0. The van der Waals surface area contributed by atoms with Gasteiger partial charge in [0, 0.05) is 11.1 Å². The van der Waals surface area contributed by atoms with E-state index in [1.54, 1.807) is 0 Å². The molecular formula is C17H16. The molecule has 0 bridgehead atoms. The molecule has 2 rings (SSSR count). The fraction of sp³-hybridized carbons (Fsp3) is 0.0588. The Hall–Kier alpha value is -2.26. The third-order valence-corrected chi connectivity index (χ3v) is 2.18. The predicted molar refractivity (Wildman–Crippen MR) is 74.9 cm³/mol. The second kappa shape index (κ2) is 7.09. The molecule has 0 N–H and O–H groups in total. The molecule has 0 aliphatic carbocycles. The van der Waals surface area contributed by atoms with Gasteiger partial charge < -0.3 is 0 Å². The number of aryl methyl sites for hydroxylation is 1. The van der Waals surface area contributed by atoms with Gasteiger partial charge in [-0.3, -0.25) is 0 Å². The SMILES string of the molecule is C=C.Cc1ccc(C#Cc2ccccc2)cc1. The highest BCUT2D eigenvalue weighted by Gasteiger charge is 1.86. The Morgan fingerprint density at radius 2 is 1.18 bits per heavy atom. The van der Waals surface area contributed by atoms with E-state index in [9.17, 15) is 0 Å². The van der Waals surface area contributed by atoms with Crippen LogP contribution in [0.4, 0.5) is 0 Å². The van der Waals surface area contributed by atoms with Gasteiger partial charge >= 0.3 is 0 Å². The largest absolute Gasteiger partial charge is 0.106 e. The van der Waals surface area contributed by atoms with E-state index in [4.69, 9.17) is 0 Å². The summed E-state index contributed by atoms with van der Waals surface area (Å²) in [6.07, 6.45) is 0. The fourth-order valence-electron chi connectivity index (χ4n) is 1.30. The Labute approximate surface area is 104 Å². The summed E-state index contributed by atoms with van der Waals surface area (Å²) < 4.78 is 0. The summed E-state index contributed by atoms with van der Waals surface area (Å²) in [4.78, 5) is 0. The van der Waals surface area contributed by atoms with E-state index in [0.29, 0.717) is 0 Å². The molecule has 2 aromatic carbocycles. The minimum atomic E-state index is 1.05. The van der Waals surface area contributed by atoms with E-state index in [1.165, 1.54) is 5.56 Å². The first-order valence-electron chi connectivity index (χ1n) is 5.48. The minimum absolute atomic E-state index is 1.05. The van der Waals surface area contributed by atoms with Crippen molar-refractivity contribution in [2.24, 2.45) is 0 Å². The van der Waals surface area contributed by atoms with Gasteiger partial charge in [-0.05, 0) is 31.2 Å². The first-order chi connectivity index (χ1) is 8.34. The molecule has 0 saturated carbocycles. The number of rotatable bonds is 0. The zero-order valence-electron chi connectivity index (χ0n) is 10.1. The third kappa shape index (κ3) is 4.40.